The van der Waals surface area contributed by atoms with Crippen molar-refractivity contribution in [2.45, 2.75) is 30.8 Å². The Hall–Kier alpha value is -3.13. The minimum absolute atomic E-state index is 0.104. The zero-order valence-corrected chi connectivity index (χ0v) is 17.2. The van der Waals surface area contributed by atoms with E-state index in [-0.39, 0.29) is 10.8 Å². The van der Waals surface area contributed by atoms with Crippen LogP contribution in [0.3, 0.4) is 0 Å². The molecule has 0 fully saturated rings. The van der Waals surface area contributed by atoms with E-state index in [0.717, 1.165) is 22.3 Å². The summed E-state index contributed by atoms with van der Waals surface area (Å²) in [5, 5.41) is 10.0. The molecule has 0 aliphatic rings. The first kappa shape index (κ1) is 19.2. The fraction of sp³-hybridized carbons (Fsp3) is 0.238. The summed E-state index contributed by atoms with van der Waals surface area (Å²) < 4.78 is 7.52. The van der Waals surface area contributed by atoms with Crippen LogP contribution in [0.15, 0.2) is 58.5 Å². The van der Waals surface area contributed by atoms with Crippen molar-refractivity contribution < 1.29 is 4.74 Å². The van der Waals surface area contributed by atoms with Crippen LogP contribution in [0.2, 0.25) is 0 Å². The highest BCUT2D eigenvalue weighted by Gasteiger charge is 2.20. The number of H-pyrrole nitrogens is 1. The highest BCUT2D eigenvalue weighted by Crippen LogP contribution is 2.35. The number of hydrogen-bond donors (Lipinski definition) is 1. The lowest BCUT2D eigenvalue weighted by molar-refractivity contribution is 0.416. The van der Waals surface area contributed by atoms with Crippen molar-refractivity contribution in [3.05, 3.63) is 64.7 Å². The van der Waals surface area contributed by atoms with Gasteiger partial charge >= 0.3 is 0 Å². The molecule has 4 rings (SSSR count). The normalized spacial score (nSPS) is 12.2. The van der Waals surface area contributed by atoms with Crippen LogP contribution in [-0.4, -0.2) is 31.8 Å². The fourth-order valence-electron chi connectivity index (χ4n) is 3.20. The van der Waals surface area contributed by atoms with Gasteiger partial charge in [0.1, 0.15) is 11.6 Å². The summed E-state index contributed by atoms with van der Waals surface area (Å²) in [7, 11) is 1.64. The van der Waals surface area contributed by atoms with Gasteiger partial charge in [0, 0.05) is 6.54 Å². The maximum Gasteiger partial charge on any atom is 0.258 e. The Kier molecular flexibility index (Phi) is 5.35. The summed E-state index contributed by atoms with van der Waals surface area (Å²) >= 11 is 1.51. The van der Waals surface area contributed by atoms with Crippen LogP contribution >= 0.6 is 11.8 Å². The van der Waals surface area contributed by atoms with Crippen molar-refractivity contribution >= 4 is 22.7 Å². The molecule has 8 heteroatoms. The molecule has 0 unspecified atom stereocenters. The van der Waals surface area contributed by atoms with Gasteiger partial charge in [0.2, 0.25) is 0 Å². The van der Waals surface area contributed by atoms with E-state index in [1.54, 1.807) is 13.2 Å². The number of nitrogens with zero attached hydrogens (tertiary/aromatic N) is 4. The summed E-state index contributed by atoms with van der Waals surface area (Å²) in [6, 6.07) is 15.1. The molecular weight excluding hydrogens is 386 g/mol. The lowest BCUT2D eigenvalue weighted by Gasteiger charge is -2.13. The lowest BCUT2D eigenvalue weighted by atomic mass is 10.2. The SMILES string of the molecule is CCn1c(S[C@H](C)c2nc3ccccc3c(=O)[nH]2)nnc1-c1ccccc1OC. The van der Waals surface area contributed by atoms with Crippen LogP contribution < -0.4 is 10.3 Å². The Bertz CT molecular complexity index is 1220. The van der Waals surface area contributed by atoms with E-state index in [9.17, 15) is 4.79 Å². The zero-order valence-electron chi connectivity index (χ0n) is 16.4. The first-order valence-electron chi connectivity index (χ1n) is 9.34. The molecule has 148 valence electrons. The number of thioether (sulfide) groups is 1. The smallest absolute Gasteiger partial charge is 0.258 e. The Morgan fingerprint density at radius 3 is 2.69 bits per heavy atom. The molecule has 29 heavy (non-hydrogen) atoms. The summed E-state index contributed by atoms with van der Waals surface area (Å²) in [4.78, 5) is 19.9. The number of ether oxygens (including phenoxy) is 1. The number of hydrogen-bond acceptors (Lipinski definition) is 6. The first-order chi connectivity index (χ1) is 14.1. The maximum absolute atomic E-state index is 12.4. The Balaban J connectivity index is 1.68. The van der Waals surface area contributed by atoms with Gasteiger partial charge in [-0.05, 0) is 38.1 Å². The molecule has 0 amide bonds. The van der Waals surface area contributed by atoms with E-state index >= 15 is 0 Å². The van der Waals surface area contributed by atoms with Gasteiger partial charge < -0.3 is 14.3 Å². The van der Waals surface area contributed by atoms with Crippen LogP contribution in [0, 0.1) is 0 Å². The quantitative estimate of drug-likeness (QED) is 0.485. The number of benzene rings is 2. The Morgan fingerprint density at radius 1 is 1.14 bits per heavy atom. The van der Waals surface area contributed by atoms with Crippen molar-refractivity contribution in [2.75, 3.05) is 7.11 Å². The van der Waals surface area contributed by atoms with Crippen LogP contribution in [0.1, 0.15) is 24.9 Å². The second kappa shape index (κ2) is 8.08. The average Bonchev–Trinajstić information content (AvgIpc) is 3.15. The number of nitrogens with one attached hydrogen (secondary N) is 1. The van der Waals surface area contributed by atoms with Gasteiger partial charge in [0.25, 0.3) is 5.56 Å². The monoisotopic (exact) mass is 407 g/mol. The molecule has 7 nitrogen and oxygen atoms in total. The molecular formula is C21H21N5O2S. The van der Waals surface area contributed by atoms with Crippen molar-refractivity contribution in [3.63, 3.8) is 0 Å². The molecule has 2 aromatic carbocycles. The van der Waals surface area contributed by atoms with Crippen molar-refractivity contribution in [1.29, 1.82) is 0 Å². The van der Waals surface area contributed by atoms with Crippen molar-refractivity contribution in [3.8, 4) is 17.1 Å². The van der Waals surface area contributed by atoms with Gasteiger partial charge in [-0.25, -0.2) is 4.98 Å². The molecule has 0 saturated carbocycles. The molecule has 2 aromatic heterocycles. The molecule has 0 radical (unpaired) electrons. The molecule has 0 spiro atoms. The molecule has 0 aliphatic carbocycles. The van der Waals surface area contributed by atoms with Gasteiger partial charge in [-0.3, -0.25) is 4.79 Å². The van der Waals surface area contributed by atoms with E-state index in [1.807, 2.05) is 60.9 Å². The van der Waals surface area contributed by atoms with Crippen molar-refractivity contribution in [2.24, 2.45) is 0 Å². The minimum Gasteiger partial charge on any atom is -0.496 e. The predicted molar refractivity (Wildman–Crippen MR) is 114 cm³/mol. The van der Waals surface area contributed by atoms with Crippen LogP contribution in [0.4, 0.5) is 0 Å². The topological polar surface area (TPSA) is 85.7 Å². The molecule has 2 heterocycles. The molecule has 1 N–H and O–H groups in total. The summed E-state index contributed by atoms with van der Waals surface area (Å²) in [6.07, 6.45) is 0. The third-order valence-electron chi connectivity index (χ3n) is 4.68. The molecule has 0 bridgehead atoms. The summed E-state index contributed by atoms with van der Waals surface area (Å²) in [5.74, 6) is 2.11. The third kappa shape index (κ3) is 3.63. The summed E-state index contributed by atoms with van der Waals surface area (Å²) in [5.41, 5.74) is 1.44. The number of methoxy groups -OCH3 is 1. The van der Waals surface area contributed by atoms with Gasteiger partial charge in [-0.15, -0.1) is 10.2 Å². The van der Waals surface area contributed by atoms with Crippen LogP contribution in [0.25, 0.3) is 22.3 Å². The van der Waals surface area contributed by atoms with E-state index in [4.69, 9.17) is 4.74 Å². The minimum atomic E-state index is -0.135. The number of para-hydroxylation sites is 2. The van der Waals surface area contributed by atoms with E-state index in [0.29, 0.717) is 23.3 Å². The maximum atomic E-state index is 12.4. The number of aromatic nitrogens is 5. The molecule has 0 saturated heterocycles. The van der Waals surface area contributed by atoms with Crippen LogP contribution in [0.5, 0.6) is 5.75 Å². The highest BCUT2D eigenvalue weighted by molar-refractivity contribution is 7.99. The fourth-order valence-corrected chi connectivity index (χ4v) is 4.17. The average molecular weight is 407 g/mol. The zero-order chi connectivity index (χ0) is 20.4. The Labute approximate surface area is 172 Å². The van der Waals surface area contributed by atoms with Gasteiger partial charge in [-0.1, -0.05) is 36.0 Å². The van der Waals surface area contributed by atoms with Gasteiger partial charge in [-0.2, -0.15) is 0 Å². The second-order valence-electron chi connectivity index (χ2n) is 6.48. The second-order valence-corrected chi connectivity index (χ2v) is 7.79. The Morgan fingerprint density at radius 2 is 1.90 bits per heavy atom. The van der Waals surface area contributed by atoms with E-state index in [1.165, 1.54) is 11.8 Å². The number of rotatable bonds is 6. The summed E-state index contributed by atoms with van der Waals surface area (Å²) in [6.45, 7) is 4.75. The van der Waals surface area contributed by atoms with Crippen molar-refractivity contribution in [1.82, 2.24) is 24.7 Å². The van der Waals surface area contributed by atoms with Gasteiger partial charge in [0.05, 0.1) is 28.8 Å². The molecule has 0 aliphatic heterocycles. The molecule has 1 atom stereocenters. The first-order valence-corrected chi connectivity index (χ1v) is 10.2. The van der Waals surface area contributed by atoms with E-state index in [2.05, 4.69) is 20.2 Å². The van der Waals surface area contributed by atoms with E-state index < -0.39 is 0 Å². The third-order valence-corrected chi connectivity index (χ3v) is 5.77. The molecule has 4 aromatic rings. The predicted octanol–water partition coefficient (Wildman–Crippen LogP) is 4.06. The lowest BCUT2D eigenvalue weighted by Crippen LogP contribution is -2.13. The largest absolute Gasteiger partial charge is 0.496 e. The van der Waals surface area contributed by atoms with Crippen LogP contribution in [-0.2, 0) is 6.54 Å². The standard InChI is InChI=1S/C21H21N5O2S/c1-4-26-19(15-10-6-8-12-17(15)28-3)24-25-21(26)29-13(2)18-22-16-11-7-5-9-14(16)20(27)23-18/h5-13H,4H2,1-3H3,(H,22,23,27)/t13-/m1/s1. The van der Waals surface area contributed by atoms with Gasteiger partial charge in [0.15, 0.2) is 11.0 Å². The number of fused-ring (bicyclic) bond motifs is 1. The number of aromatic amines is 1. The highest BCUT2D eigenvalue weighted by atomic mass is 32.2.